The largest absolute Gasteiger partial charge is 0.481 e. The quantitative estimate of drug-likeness (QED) is 0.886. The average molecular weight is 298 g/mol. The number of carboxylic acids is 1. The predicted molar refractivity (Wildman–Crippen MR) is 82.5 cm³/mol. The summed E-state index contributed by atoms with van der Waals surface area (Å²) >= 11 is 0. The van der Waals surface area contributed by atoms with Crippen molar-refractivity contribution in [2.75, 3.05) is 5.75 Å². The number of rotatable bonds is 3. The van der Waals surface area contributed by atoms with Gasteiger partial charge in [0.25, 0.3) is 0 Å². The second-order valence-electron chi connectivity index (χ2n) is 4.47. The van der Waals surface area contributed by atoms with Gasteiger partial charge in [-0.15, -0.1) is 0 Å². The van der Waals surface area contributed by atoms with Crippen LogP contribution in [0.2, 0.25) is 0 Å². The Balaban J connectivity index is 2.16. The molecule has 0 saturated carbocycles. The monoisotopic (exact) mass is 298 g/mol. The average Bonchev–Trinajstić information content (AvgIpc) is 2.46. The molecule has 4 heteroatoms. The zero-order valence-electron chi connectivity index (χ0n) is 11.5. The summed E-state index contributed by atoms with van der Waals surface area (Å²) in [5.41, 5.74) is 2.88. The van der Waals surface area contributed by atoms with E-state index in [1.165, 1.54) is 0 Å². The van der Waals surface area contributed by atoms with Crippen LogP contribution in [-0.4, -0.2) is 21.0 Å². The van der Waals surface area contributed by atoms with Crippen LogP contribution >= 0.6 is 0 Å². The molecule has 2 aromatic rings. The molecular weight excluding hydrogens is 284 g/mol. The second-order valence-corrected chi connectivity index (χ2v) is 5.92. The van der Waals surface area contributed by atoms with Crippen LogP contribution in [0.5, 0.6) is 0 Å². The Morgan fingerprint density at radius 3 is 2.38 bits per heavy atom. The van der Waals surface area contributed by atoms with E-state index in [9.17, 15) is 9.00 Å². The zero-order chi connectivity index (χ0) is 15.2. The van der Waals surface area contributed by atoms with Crippen molar-refractivity contribution in [1.29, 1.82) is 0 Å². The van der Waals surface area contributed by atoms with Crippen LogP contribution < -0.4 is 0 Å². The highest BCUT2D eigenvalue weighted by Gasteiger charge is 2.08. The molecule has 3 nitrogen and oxygen atoms in total. The number of hydrogen-bond donors (Lipinski definition) is 1. The Hall–Kier alpha value is -2.38. The van der Waals surface area contributed by atoms with Crippen molar-refractivity contribution in [3.05, 3.63) is 65.2 Å². The van der Waals surface area contributed by atoms with Gasteiger partial charge in [0, 0.05) is 16.0 Å². The Morgan fingerprint density at radius 1 is 1.10 bits per heavy atom. The Labute approximate surface area is 126 Å². The Morgan fingerprint density at radius 2 is 1.76 bits per heavy atom. The minimum absolute atomic E-state index is 0.381. The lowest BCUT2D eigenvalue weighted by molar-refractivity contribution is -0.133. The van der Waals surface area contributed by atoms with Crippen molar-refractivity contribution in [3.63, 3.8) is 0 Å². The van der Waals surface area contributed by atoms with Gasteiger partial charge in [0.2, 0.25) is 0 Å². The van der Waals surface area contributed by atoms with E-state index in [1.807, 2.05) is 31.2 Å². The van der Waals surface area contributed by atoms with Crippen molar-refractivity contribution in [3.8, 4) is 11.8 Å². The van der Waals surface area contributed by atoms with Crippen LogP contribution in [0, 0.1) is 18.8 Å². The predicted octanol–water partition coefficient (Wildman–Crippen LogP) is 2.59. The molecule has 0 aliphatic carbocycles. The van der Waals surface area contributed by atoms with Gasteiger partial charge in [-0.05, 0) is 42.8 Å². The number of aryl methyl sites for hydroxylation is 1. The minimum atomic E-state index is -1.51. The molecule has 1 N–H and O–H groups in total. The Bertz CT molecular complexity index is 737. The first-order chi connectivity index (χ1) is 10.1. The number of hydrogen-bond acceptors (Lipinski definition) is 2. The SMILES string of the molecule is Cc1ccccc1C#Cc1ccc(S(=O)CC(=O)O)cc1. The molecule has 0 saturated heterocycles. The molecular formula is C17H14O3S. The summed E-state index contributed by atoms with van der Waals surface area (Å²) in [7, 11) is -1.51. The molecule has 0 fully saturated rings. The standard InChI is InChI=1S/C17H14O3S/c1-13-4-2-3-5-15(13)9-6-14-7-10-16(11-8-14)21(20)12-17(18)19/h2-5,7-8,10-11H,12H2,1H3,(H,18,19). The normalized spacial score (nSPS) is 11.3. The minimum Gasteiger partial charge on any atom is -0.481 e. The fraction of sp³-hybridized carbons (Fsp3) is 0.118. The van der Waals surface area contributed by atoms with E-state index in [-0.39, 0.29) is 5.75 Å². The van der Waals surface area contributed by atoms with Gasteiger partial charge < -0.3 is 5.11 Å². The molecule has 0 heterocycles. The van der Waals surface area contributed by atoms with Gasteiger partial charge in [-0.1, -0.05) is 30.0 Å². The molecule has 0 aliphatic rings. The first-order valence-corrected chi connectivity index (χ1v) is 7.66. The molecule has 1 atom stereocenters. The van der Waals surface area contributed by atoms with Crippen LogP contribution in [0.4, 0.5) is 0 Å². The third-order valence-electron chi connectivity index (χ3n) is 2.86. The molecule has 2 rings (SSSR count). The lowest BCUT2D eigenvalue weighted by Crippen LogP contribution is -2.08. The summed E-state index contributed by atoms with van der Waals surface area (Å²) in [4.78, 5) is 11.0. The molecule has 0 bridgehead atoms. The third-order valence-corrected chi connectivity index (χ3v) is 4.17. The molecule has 0 aliphatic heterocycles. The molecule has 0 radical (unpaired) electrons. The van der Waals surface area contributed by atoms with Gasteiger partial charge in [-0.25, -0.2) is 0 Å². The van der Waals surface area contributed by atoms with Crippen LogP contribution in [0.15, 0.2) is 53.4 Å². The third kappa shape index (κ3) is 4.30. The van der Waals surface area contributed by atoms with Crippen molar-refractivity contribution in [2.24, 2.45) is 0 Å². The van der Waals surface area contributed by atoms with Gasteiger partial charge in [0.15, 0.2) is 0 Å². The van der Waals surface area contributed by atoms with E-state index in [0.717, 1.165) is 16.7 Å². The van der Waals surface area contributed by atoms with Gasteiger partial charge >= 0.3 is 5.97 Å². The second kappa shape index (κ2) is 6.87. The smallest absolute Gasteiger partial charge is 0.316 e. The number of aliphatic carboxylic acids is 1. The summed E-state index contributed by atoms with van der Waals surface area (Å²) in [5.74, 6) is 4.68. The topological polar surface area (TPSA) is 54.4 Å². The summed E-state index contributed by atoms with van der Waals surface area (Å²) in [6.07, 6.45) is 0. The van der Waals surface area contributed by atoms with E-state index in [4.69, 9.17) is 5.11 Å². The molecule has 0 spiro atoms. The summed E-state index contributed by atoms with van der Waals surface area (Å²) < 4.78 is 11.7. The van der Waals surface area contributed by atoms with Crippen molar-refractivity contribution < 1.29 is 14.1 Å². The maximum Gasteiger partial charge on any atom is 0.316 e. The highest BCUT2D eigenvalue weighted by atomic mass is 32.2. The fourth-order valence-electron chi connectivity index (χ4n) is 1.74. The maximum atomic E-state index is 11.7. The molecule has 2 aromatic carbocycles. The van der Waals surface area contributed by atoms with Crippen LogP contribution in [0.1, 0.15) is 16.7 Å². The number of benzene rings is 2. The van der Waals surface area contributed by atoms with E-state index in [1.54, 1.807) is 24.3 Å². The van der Waals surface area contributed by atoms with Gasteiger partial charge in [0.05, 0.1) is 10.8 Å². The highest BCUT2D eigenvalue weighted by Crippen LogP contribution is 2.09. The Kier molecular flexibility index (Phi) is 4.91. The van der Waals surface area contributed by atoms with Crippen molar-refractivity contribution in [1.82, 2.24) is 0 Å². The van der Waals surface area contributed by atoms with Gasteiger partial charge in [-0.3, -0.25) is 9.00 Å². The van der Waals surface area contributed by atoms with Crippen molar-refractivity contribution >= 4 is 16.8 Å². The fourth-order valence-corrected chi connectivity index (χ4v) is 2.57. The van der Waals surface area contributed by atoms with E-state index < -0.39 is 16.8 Å². The molecule has 0 amide bonds. The lowest BCUT2D eigenvalue weighted by atomic mass is 10.1. The zero-order valence-corrected chi connectivity index (χ0v) is 12.3. The first-order valence-electron chi connectivity index (χ1n) is 6.34. The van der Waals surface area contributed by atoms with E-state index in [2.05, 4.69) is 11.8 Å². The summed E-state index contributed by atoms with van der Waals surface area (Å²) in [5, 5.41) is 8.62. The molecule has 21 heavy (non-hydrogen) atoms. The van der Waals surface area contributed by atoms with Crippen LogP contribution in [0.25, 0.3) is 0 Å². The molecule has 106 valence electrons. The number of carboxylic acid groups (broad SMARTS) is 1. The molecule has 0 aromatic heterocycles. The van der Waals surface area contributed by atoms with Crippen molar-refractivity contribution in [2.45, 2.75) is 11.8 Å². The van der Waals surface area contributed by atoms with Crippen LogP contribution in [-0.2, 0) is 15.6 Å². The number of carbonyl (C=O) groups is 1. The summed E-state index contributed by atoms with van der Waals surface area (Å²) in [6.45, 7) is 2.00. The van der Waals surface area contributed by atoms with Gasteiger partial charge in [-0.2, -0.15) is 0 Å². The maximum absolute atomic E-state index is 11.7. The van der Waals surface area contributed by atoms with E-state index in [0.29, 0.717) is 4.90 Å². The first kappa shape index (κ1) is 15.0. The van der Waals surface area contributed by atoms with Crippen LogP contribution in [0.3, 0.4) is 0 Å². The van der Waals surface area contributed by atoms with E-state index >= 15 is 0 Å². The van der Waals surface area contributed by atoms with Gasteiger partial charge in [0.1, 0.15) is 5.75 Å². The lowest BCUT2D eigenvalue weighted by Gasteiger charge is -1.99. The molecule has 1 unspecified atom stereocenters. The summed E-state index contributed by atoms with van der Waals surface area (Å²) in [6, 6.07) is 14.7. The highest BCUT2D eigenvalue weighted by molar-refractivity contribution is 7.85.